The molecule has 1 aliphatic carbocycles. The zero-order chi connectivity index (χ0) is 21.7. The van der Waals surface area contributed by atoms with Crippen LogP contribution in [-0.4, -0.2) is 26.9 Å². The monoisotopic (exact) mass is 414 g/mol. The number of nitrogens with zero attached hydrogens (tertiary/aromatic N) is 4. The third kappa shape index (κ3) is 5.20. The number of allylic oxidation sites excluding steroid dienone is 1. The number of amides is 1. The molecule has 0 bridgehead atoms. The van der Waals surface area contributed by atoms with Gasteiger partial charge in [0.15, 0.2) is 0 Å². The van der Waals surface area contributed by atoms with Crippen molar-refractivity contribution >= 4 is 12.1 Å². The first-order chi connectivity index (χ1) is 14.5. The molecule has 1 amide bonds. The van der Waals surface area contributed by atoms with E-state index in [-0.39, 0.29) is 12.3 Å². The molecule has 2 aliphatic rings. The van der Waals surface area contributed by atoms with Crippen LogP contribution in [0.3, 0.4) is 0 Å². The highest BCUT2D eigenvalue weighted by Gasteiger charge is 2.29. The van der Waals surface area contributed by atoms with Crippen molar-refractivity contribution < 1.29 is 13.6 Å². The molecule has 5 nitrogen and oxygen atoms in total. The molecule has 0 radical (unpaired) electrons. The fourth-order valence-corrected chi connectivity index (χ4v) is 3.59. The van der Waals surface area contributed by atoms with Gasteiger partial charge >= 0.3 is 0 Å². The number of benzene rings is 1. The molecule has 1 aliphatic heterocycles. The minimum absolute atomic E-state index is 0.188. The van der Waals surface area contributed by atoms with Gasteiger partial charge in [-0.25, -0.2) is 13.8 Å². The van der Waals surface area contributed by atoms with Crippen molar-refractivity contribution in [1.29, 1.82) is 0 Å². The Morgan fingerprint density at radius 1 is 1.17 bits per heavy atom. The third-order valence-corrected chi connectivity index (χ3v) is 5.17. The Morgan fingerprint density at radius 3 is 2.53 bits per heavy atom. The molecular formula is C23H28F2N4O. The summed E-state index contributed by atoms with van der Waals surface area (Å²) in [5.74, 6) is -0.905. The van der Waals surface area contributed by atoms with Crippen LogP contribution >= 0.6 is 0 Å². The van der Waals surface area contributed by atoms with Gasteiger partial charge in [-0.3, -0.25) is 9.48 Å². The topological polar surface area (TPSA) is 50.5 Å². The van der Waals surface area contributed by atoms with Gasteiger partial charge in [0.05, 0.1) is 12.6 Å². The Kier molecular flexibility index (Phi) is 7.13. The predicted octanol–water partition coefficient (Wildman–Crippen LogP) is 5.36. The predicted molar refractivity (Wildman–Crippen MR) is 113 cm³/mol. The standard InChI is InChI=1S/C21H22F2N4O.C2H6/c1-14(13-26-19(6-8-24-26)15-3-4-15)2-5-21(28)27-20(7-9-25-27)16-10-17(22)12-18(23)11-16;1-2/h6,8-12,15,20H,1-5,7,13H2;1-2H3. The van der Waals surface area contributed by atoms with Gasteiger partial charge in [-0.2, -0.15) is 10.2 Å². The number of halogens is 2. The highest BCUT2D eigenvalue weighted by molar-refractivity contribution is 5.80. The summed E-state index contributed by atoms with van der Waals surface area (Å²) in [6, 6.07) is 4.88. The summed E-state index contributed by atoms with van der Waals surface area (Å²) in [4.78, 5) is 12.7. The van der Waals surface area contributed by atoms with Crippen LogP contribution in [0.15, 0.2) is 47.7 Å². The van der Waals surface area contributed by atoms with E-state index < -0.39 is 17.7 Å². The van der Waals surface area contributed by atoms with Crippen LogP contribution in [0.25, 0.3) is 0 Å². The highest BCUT2D eigenvalue weighted by Crippen LogP contribution is 2.40. The Morgan fingerprint density at radius 2 is 1.87 bits per heavy atom. The van der Waals surface area contributed by atoms with Crippen molar-refractivity contribution in [2.75, 3.05) is 0 Å². The second kappa shape index (κ2) is 9.78. The van der Waals surface area contributed by atoms with Crippen LogP contribution in [0.2, 0.25) is 0 Å². The first-order valence-corrected chi connectivity index (χ1v) is 10.5. The van der Waals surface area contributed by atoms with Crippen LogP contribution in [0, 0.1) is 11.6 Å². The normalized spacial score (nSPS) is 17.6. The molecule has 4 rings (SSSR count). The van der Waals surface area contributed by atoms with Gasteiger partial charge in [-0.05, 0) is 43.0 Å². The second-order valence-electron chi connectivity index (χ2n) is 7.43. The SMILES string of the molecule is C=C(CCC(=O)N1N=CCC1c1cc(F)cc(F)c1)Cn1nccc1C1CC1.CC. The summed E-state index contributed by atoms with van der Waals surface area (Å²) in [6.07, 6.45) is 6.99. The van der Waals surface area contributed by atoms with Crippen molar-refractivity contribution in [2.24, 2.45) is 5.10 Å². The zero-order valence-electron chi connectivity index (χ0n) is 17.5. The van der Waals surface area contributed by atoms with E-state index in [1.165, 1.54) is 35.7 Å². The lowest BCUT2D eigenvalue weighted by molar-refractivity contribution is -0.133. The first-order valence-electron chi connectivity index (χ1n) is 10.5. The van der Waals surface area contributed by atoms with Gasteiger partial charge in [0.25, 0.3) is 0 Å². The third-order valence-electron chi connectivity index (χ3n) is 5.17. The number of hydrogen-bond acceptors (Lipinski definition) is 3. The first kappa shape index (κ1) is 21.9. The fourth-order valence-electron chi connectivity index (χ4n) is 3.59. The van der Waals surface area contributed by atoms with E-state index in [1.807, 2.05) is 24.6 Å². The van der Waals surface area contributed by atoms with Gasteiger partial charge < -0.3 is 0 Å². The van der Waals surface area contributed by atoms with Gasteiger partial charge in [0.1, 0.15) is 11.6 Å². The molecule has 2 aromatic rings. The minimum atomic E-state index is -0.659. The Hall–Kier alpha value is -2.83. The summed E-state index contributed by atoms with van der Waals surface area (Å²) in [7, 11) is 0. The summed E-state index contributed by atoms with van der Waals surface area (Å²) < 4.78 is 29.0. The maximum absolute atomic E-state index is 13.5. The van der Waals surface area contributed by atoms with Crippen molar-refractivity contribution in [3.63, 3.8) is 0 Å². The highest BCUT2D eigenvalue weighted by atomic mass is 19.1. The van der Waals surface area contributed by atoms with E-state index in [0.717, 1.165) is 11.6 Å². The molecule has 1 aromatic heterocycles. The lowest BCUT2D eigenvalue weighted by Gasteiger charge is -2.22. The average molecular weight is 415 g/mol. The Bertz CT molecular complexity index is 913. The number of aromatic nitrogens is 2. The van der Waals surface area contributed by atoms with Gasteiger partial charge in [0, 0.05) is 42.9 Å². The van der Waals surface area contributed by atoms with Crippen molar-refractivity contribution in [1.82, 2.24) is 14.8 Å². The number of rotatable bonds is 7. The van der Waals surface area contributed by atoms with Crippen LogP contribution in [0.4, 0.5) is 8.78 Å². The van der Waals surface area contributed by atoms with Gasteiger partial charge in [-0.1, -0.05) is 26.0 Å². The summed E-state index contributed by atoms with van der Waals surface area (Å²) >= 11 is 0. The van der Waals surface area contributed by atoms with E-state index in [0.29, 0.717) is 30.9 Å². The lowest BCUT2D eigenvalue weighted by atomic mass is 10.0. The second-order valence-corrected chi connectivity index (χ2v) is 7.43. The van der Waals surface area contributed by atoms with Crippen LogP contribution in [0.1, 0.15) is 69.2 Å². The van der Waals surface area contributed by atoms with Crippen molar-refractivity contribution in [2.45, 2.75) is 64.5 Å². The van der Waals surface area contributed by atoms with Crippen LogP contribution < -0.4 is 0 Å². The van der Waals surface area contributed by atoms with Gasteiger partial charge in [-0.15, -0.1) is 0 Å². The van der Waals surface area contributed by atoms with E-state index >= 15 is 0 Å². The molecular weight excluding hydrogens is 386 g/mol. The maximum atomic E-state index is 13.5. The molecule has 1 saturated carbocycles. The molecule has 0 spiro atoms. The van der Waals surface area contributed by atoms with E-state index in [2.05, 4.69) is 16.8 Å². The quantitative estimate of drug-likeness (QED) is 0.573. The molecule has 1 unspecified atom stereocenters. The molecule has 0 saturated heterocycles. The number of hydrazone groups is 1. The fraction of sp³-hybridized carbons (Fsp3) is 0.435. The van der Waals surface area contributed by atoms with E-state index in [9.17, 15) is 13.6 Å². The molecule has 7 heteroatoms. The Balaban J connectivity index is 0.00000124. The van der Waals surface area contributed by atoms with Gasteiger partial charge in [0.2, 0.25) is 5.91 Å². The zero-order valence-corrected chi connectivity index (χ0v) is 17.5. The van der Waals surface area contributed by atoms with Crippen molar-refractivity contribution in [3.8, 4) is 0 Å². The Labute approximate surface area is 176 Å². The lowest BCUT2D eigenvalue weighted by Crippen LogP contribution is -2.27. The van der Waals surface area contributed by atoms with E-state index in [1.54, 1.807) is 12.4 Å². The molecule has 1 fully saturated rings. The maximum Gasteiger partial charge on any atom is 0.243 e. The molecule has 2 heterocycles. The molecule has 30 heavy (non-hydrogen) atoms. The average Bonchev–Trinajstić information content (AvgIpc) is 3.25. The smallest absolute Gasteiger partial charge is 0.243 e. The summed E-state index contributed by atoms with van der Waals surface area (Å²) in [6.45, 7) is 8.67. The summed E-state index contributed by atoms with van der Waals surface area (Å²) in [5, 5.41) is 9.80. The minimum Gasteiger partial charge on any atom is -0.273 e. The number of carbonyl (C=O) groups excluding carboxylic acids is 1. The molecule has 1 aromatic carbocycles. The van der Waals surface area contributed by atoms with Crippen LogP contribution in [0.5, 0.6) is 0 Å². The van der Waals surface area contributed by atoms with Crippen LogP contribution in [-0.2, 0) is 11.3 Å². The van der Waals surface area contributed by atoms with E-state index in [4.69, 9.17) is 0 Å². The largest absolute Gasteiger partial charge is 0.273 e. The number of carbonyl (C=O) groups is 1. The summed E-state index contributed by atoms with van der Waals surface area (Å²) in [5.41, 5.74) is 2.55. The molecule has 0 N–H and O–H groups in total. The molecule has 1 atom stereocenters. The van der Waals surface area contributed by atoms with Crippen molar-refractivity contribution in [3.05, 3.63) is 65.5 Å². The molecule has 160 valence electrons. The number of hydrogen-bond donors (Lipinski definition) is 0.